The van der Waals surface area contributed by atoms with Gasteiger partial charge in [-0.2, -0.15) is 0 Å². The summed E-state index contributed by atoms with van der Waals surface area (Å²) in [6, 6.07) is 6.61. The van der Waals surface area contributed by atoms with Crippen molar-refractivity contribution < 1.29 is 0 Å². The Morgan fingerprint density at radius 1 is 1.31 bits per heavy atom. The van der Waals surface area contributed by atoms with Gasteiger partial charge >= 0.3 is 0 Å². The minimum Gasteiger partial charge on any atom is -0.271 e. The Morgan fingerprint density at radius 2 is 2.00 bits per heavy atom. The highest BCUT2D eigenvalue weighted by Crippen LogP contribution is 2.25. The largest absolute Gasteiger partial charge is 0.271 e. The van der Waals surface area contributed by atoms with Crippen LogP contribution in [0.4, 0.5) is 0 Å². The van der Waals surface area contributed by atoms with Crippen molar-refractivity contribution in [2.75, 3.05) is 0 Å². The van der Waals surface area contributed by atoms with E-state index >= 15 is 0 Å². The van der Waals surface area contributed by atoms with Crippen molar-refractivity contribution in [2.24, 2.45) is 11.8 Å². The Kier molecular flexibility index (Phi) is 5.46. The van der Waals surface area contributed by atoms with Crippen LogP contribution in [-0.4, -0.2) is 0 Å². The summed E-state index contributed by atoms with van der Waals surface area (Å²) in [4.78, 5) is 0. The number of nitrogens with one attached hydrogen (secondary N) is 1. The van der Waals surface area contributed by atoms with Gasteiger partial charge in [-0.15, -0.1) is 0 Å². The number of aryl methyl sites for hydroxylation is 1. The molecule has 1 aromatic carbocycles. The van der Waals surface area contributed by atoms with Crippen LogP contribution in [0.3, 0.4) is 0 Å². The summed E-state index contributed by atoms with van der Waals surface area (Å²) in [5, 5.41) is 0. The Balaban J connectivity index is 2.78. The lowest BCUT2D eigenvalue weighted by Gasteiger charge is -2.19. The monoisotopic (exact) mass is 284 g/mol. The number of hydrogen-bond donors (Lipinski definition) is 2. The summed E-state index contributed by atoms with van der Waals surface area (Å²) < 4.78 is 1.12. The van der Waals surface area contributed by atoms with Crippen LogP contribution in [0.5, 0.6) is 0 Å². The quantitative estimate of drug-likeness (QED) is 0.639. The zero-order chi connectivity index (χ0) is 12.1. The number of benzene rings is 1. The Morgan fingerprint density at radius 3 is 2.50 bits per heavy atom. The molecule has 90 valence electrons. The molecule has 3 N–H and O–H groups in total. The van der Waals surface area contributed by atoms with Crippen molar-refractivity contribution in [1.82, 2.24) is 5.43 Å². The van der Waals surface area contributed by atoms with Crippen LogP contribution in [0, 0.1) is 12.8 Å². The minimum absolute atomic E-state index is 0.260. The topological polar surface area (TPSA) is 38.0 Å². The van der Waals surface area contributed by atoms with Crippen molar-refractivity contribution in [3.05, 3.63) is 33.8 Å². The standard InChI is InChI=1S/C13H21BrN2/c1-9(2)4-7-13(16-15)12-6-5-11(14)8-10(12)3/h5-6,8-9,13,16H,4,7,15H2,1-3H3. The Labute approximate surface area is 107 Å². The van der Waals surface area contributed by atoms with Gasteiger partial charge in [0.1, 0.15) is 0 Å². The van der Waals surface area contributed by atoms with Gasteiger partial charge in [0.15, 0.2) is 0 Å². The second kappa shape index (κ2) is 6.38. The number of rotatable bonds is 5. The number of hydrogen-bond acceptors (Lipinski definition) is 2. The third-order valence-electron chi connectivity index (χ3n) is 2.84. The molecule has 0 radical (unpaired) electrons. The summed E-state index contributed by atoms with van der Waals surface area (Å²) in [7, 11) is 0. The second-order valence-electron chi connectivity index (χ2n) is 4.69. The third-order valence-corrected chi connectivity index (χ3v) is 3.33. The van der Waals surface area contributed by atoms with Crippen LogP contribution in [0.25, 0.3) is 0 Å². The molecule has 1 atom stereocenters. The summed E-state index contributed by atoms with van der Waals surface area (Å²) in [6.45, 7) is 6.60. The average molecular weight is 285 g/mol. The molecule has 1 unspecified atom stereocenters. The molecule has 1 aromatic rings. The van der Waals surface area contributed by atoms with Crippen LogP contribution >= 0.6 is 15.9 Å². The number of halogens is 1. The SMILES string of the molecule is Cc1cc(Br)ccc1C(CCC(C)C)NN. The van der Waals surface area contributed by atoms with Crippen molar-refractivity contribution in [2.45, 2.75) is 39.7 Å². The molecule has 0 aliphatic carbocycles. The molecule has 0 aliphatic rings. The maximum absolute atomic E-state index is 5.64. The van der Waals surface area contributed by atoms with Crippen molar-refractivity contribution >= 4 is 15.9 Å². The molecule has 3 heteroatoms. The first-order valence-electron chi connectivity index (χ1n) is 5.76. The van der Waals surface area contributed by atoms with Crippen LogP contribution < -0.4 is 11.3 Å². The molecule has 16 heavy (non-hydrogen) atoms. The molecule has 0 spiro atoms. The van der Waals surface area contributed by atoms with Gasteiger partial charge in [0, 0.05) is 10.5 Å². The zero-order valence-corrected chi connectivity index (χ0v) is 11.8. The zero-order valence-electron chi connectivity index (χ0n) is 10.3. The van der Waals surface area contributed by atoms with E-state index in [0.29, 0.717) is 5.92 Å². The number of hydrazine groups is 1. The van der Waals surface area contributed by atoms with Crippen molar-refractivity contribution in [1.29, 1.82) is 0 Å². The summed E-state index contributed by atoms with van der Waals surface area (Å²) >= 11 is 3.48. The molecule has 2 nitrogen and oxygen atoms in total. The van der Waals surface area contributed by atoms with Gasteiger partial charge in [0.25, 0.3) is 0 Å². The first-order chi connectivity index (χ1) is 7.54. The molecular weight excluding hydrogens is 264 g/mol. The molecule has 0 saturated heterocycles. The lowest BCUT2D eigenvalue weighted by Crippen LogP contribution is -2.28. The fourth-order valence-corrected chi connectivity index (χ4v) is 2.33. The highest BCUT2D eigenvalue weighted by molar-refractivity contribution is 9.10. The molecule has 0 amide bonds. The van der Waals surface area contributed by atoms with Crippen LogP contribution in [-0.2, 0) is 0 Å². The fraction of sp³-hybridized carbons (Fsp3) is 0.538. The first kappa shape index (κ1) is 13.7. The fourth-order valence-electron chi connectivity index (χ4n) is 1.86. The lowest BCUT2D eigenvalue weighted by molar-refractivity contribution is 0.447. The molecular formula is C13H21BrN2. The van der Waals surface area contributed by atoms with E-state index in [2.05, 4.69) is 60.3 Å². The van der Waals surface area contributed by atoms with E-state index in [0.717, 1.165) is 10.9 Å². The highest BCUT2D eigenvalue weighted by Gasteiger charge is 2.12. The normalized spacial score (nSPS) is 13.1. The van der Waals surface area contributed by atoms with Crippen LogP contribution in [0.15, 0.2) is 22.7 Å². The molecule has 0 saturated carbocycles. The number of nitrogens with two attached hydrogens (primary N) is 1. The van der Waals surface area contributed by atoms with E-state index < -0.39 is 0 Å². The lowest BCUT2D eigenvalue weighted by atomic mass is 9.95. The van der Waals surface area contributed by atoms with Gasteiger partial charge in [0.05, 0.1) is 0 Å². The van der Waals surface area contributed by atoms with E-state index in [1.54, 1.807) is 0 Å². The maximum atomic E-state index is 5.64. The van der Waals surface area contributed by atoms with Crippen molar-refractivity contribution in [3.8, 4) is 0 Å². The van der Waals surface area contributed by atoms with Gasteiger partial charge in [-0.1, -0.05) is 35.8 Å². The second-order valence-corrected chi connectivity index (χ2v) is 5.61. The first-order valence-corrected chi connectivity index (χ1v) is 6.56. The predicted octanol–water partition coefficient (Wildman–Crippen LogP) is 3.70. The van der Waals surface area contributed by atoms with Crippen molar-refractivity contribution in [3.63, 3.8) is 0 Å². The van der Waals surface area contributed by atoms with Crippen LogP contribution in [0.1, 0.15) is 43.9 Å². The van der Waals surface area contributed by atoms with Gasteiger partial charge in [0.2, 0.25) is 0 Å². The van der Waals surface area contributed by atoms with E-state index in [-0.39, 0.29) is 6.04 Å². The molecule has 0 heterocycles. The molecule has 0 bridgehead atoms. The third kappa shape index (κ3) is 3.89. The van der Waals surface area contributed by atoms with Gasteiger partial charge in [-0.3, -0.25) is 11.3 Å². The van der Waals surface area contributed by atoms with Gasteiger partial charge in [-0.05, 0) is 48.9 Å². The van der Waals surface area contributed by atoms with E-state index in [4.69, 9.17) is 5.84 Å². The average Bonchev–Trinajstić information content (AvgIpc) is 2.21. The summed E-state index contributed by atoms with van der Waals surface area (Å²) in [5.74, 6) is 6.35. The van der Waals surface area contributed by atoms with Gasteiger partial charge < -0.3 is 0 Å². The van der Waals surface area contributed by atoms with E-state index in [1.807, 2.05) is 0 Å². The molecule has 1 rings (SSSR count). The molecule has 0 fully saturated rings. The molecule has 0 aliphatic heterocycles. The Hall–Kier alpha value is -0.380. The van der Waals surface area contributed by atoms with E-state index in [9.17, 15) is 0 Å². The summed E-state index contributed by atoms with van der Waals surface area (Å²) in [5.41, 5.74) is 5.50. The van der Waals surface area contributed by atoms with E-state index in [1.165, 1.54) is 17.5 Å². The highest BCUT2D eigenvalue weighted by atomic mass is 79.9. The Bertz CT molecular complexity index is 337. The predicted molar refractivity (Wildman–Crippen MR) is 73.0 cm³/mol. The maximum Gasteiger partial charge on any atom is 0.0462 e. The minimum atomic E-state index is 0.260. The van der Waals surface area contributed by atoms with Gasteiger partial charge in [-0.25, -0.2) is 0 Å². The smallest absolute Gasteiger partial charge is 0.0462 e. The molecule has 0 aromatic heterocycles. The van der Waals surface area contributed by atoms with Crippen LogP contribution in [0.2, 0.25) is 0 Å². The summed E-state index contributed by atoms with van der Waals surface area (Å²) in [6.07, 6.45) is 2.26.